The highest BCUT2D eigenvalue weighted by atomic mass is 16.1. The summed E-state index contributed by atoms with van der Waals surface area (Å²) in [6, 6.07) is 3.27. The number of rotatable bonds is 3. The Hall–Kier alpha value is -2.24. The summed E-state index contributed by atoms with van der Waals surface area (Å²) >= 11 is 0. The highest BCUT2D eigenvalue weighted by Crippen LogP contribution is 2.00. The van der Waals surface area contributed by atoms with Crippen molar-refractivity contribution in [3.8, 4) is 0 Å². The van der Waals surface area contributed by atoms with E-state index in [1.54, 1.807) is 13.1 Å². The van der Waals surface area contributed by atoms with Crippen molar-refractivity contribution in [2.24, 2.45) is 0 Å². The fourth-order valence-electron chi connectivity index (χ4n) is 1.42. The number of aromatic nitrogens is 4. The maximum atomic E-state index is 11.2. The fourth-order valence-corrected chi connectivity index (χ4v) is 1.42. The maximum absolute atomic E-state index is 11.2. The molecule has 0 aliphatic heterocycles. The van der Waals surface area contributed by atoms with Gasteiger partial charge in [0.2, 0.25) is 5.95 Å². The number of nitrogens with one attached hydrogen (secondary N) is 2. The van der Waals surface area contributed by atoms with Gasteiger partial charge in [-0.2, -0.15) is 0 Å². The minimum atomic E-state index is -0.153. The average molecular weight is 231 g/mol. The molecule has 2 N–H and O–H groups in total. The Morgan fingerprint density at radius 1 is 1.29 bits per heavy atom. The Balaban J connectivity index is 2.09. The number of H-pyrrole nitrogens is 1. The quantitative estimate of drug-likeness (QED) is 0.815. The molecule has 0 radical (unpaired) electrons. The van der Waals surface area contributed by atoms with Gasteiger partial charge in [0.15, 0.2) is 0 Å². The molecule has 0 bridgehead atoms. The molecular formula is C11H13N5O. The van der Waals surface area contributed by atoms with E-state index in [0.717, 1.165) is 5.69 Å². The summed E-state index contributed by atoms with van der Waals surface area (Å²) in [4.78, 5) is 26.3. The van der Waals surface area contributed by atoms with Crippen molar-refractivity contribution >= 4 is 5.95 Å². The van der Waals surface area contributed by atoms with Gasteiger partial charge in [0, 0.05) is 23.7 Å². The highest BCUT2D eigenvalue weighted by Gasteiger charge is 2.00. The van der Waals surface area contributed by atoms with Gasteiger partial charge in [-0.05, 0) is 19.9 Å². The first-order chi connectivity index (χ1) is 8.13. The smallest absolute Gasteiger partial charge is 0.251 e. The highest BCUT2D eigenvalue weighted by molar-refractivity contribution is 5.25. The van der Waals surface area contributed by atoms with E-state index in [1.807, 2.05) is 13.0 Å². The first kappa shape index (κ1) is 11.3. The molecule has 0 fully saturated rings. The number of hydrogen-bond donors (Lipinski definition) is 2. The summed E-state index contributed by atoms with van der Waals surface area (Å²) in [5, 5.41) is 3.00. The topological polar surface area (TPSA) is 83.6 Å². The molecule has 17 heavy (non-hydrogen) atoms. The molecule has 0 aromatic carbocycles. The Bertz CT molecular complexity index is 578. The summed E-state index contributed by atoms with van der Waals surface area (Å²) in [5.41, 5.74) is 1.42. The zero-order valence-corrected chi connectivity index (χ0v) is 9.69. The number of nitrogens with zero attached hydrogens (tertiary/aromatic N) is 3. The van der Waals surface area contributed by atoms with E-state index in [9.17, 15) is 4.79 Å². The first-order valence-corrected chi connectivity index (χ1v) is 5.24. The van der Waals surface area contributed by atoms with Crippen LogP contribution < -0.4 is 10.9 Å². The largest absolute Gasteiger partial charge is 0.347 e. The lowest BCUT2D eigenvalue weighted by atomic mass is 10.4. The van der Waals surface area contributed by atoms with Crippen LogP contribution in [0.5, 0.6) is 0 Å². The normalized spacial score (nSPS) is 10.2. The van der Waals surface area contributed by atoms with Crippen LogP contribution in [0.25, 0.3) is 0 Å². The Kier molecular flexibility index (Phi) is 3.13. The van der Waals surface area contributed by atoms with Crippen LogP contribution in [0.1, 0.15) is 17.2 Å². The Morgan fingerprint density at radius 3 is 2.82 bits per heavy atom. The van der Waals surface area contributed by atoms with E-state index in [0.29, 0.717) is 24.0 Å². The molecule has 6 nitrogen and oxygen atoms in total. The maximum Gasteiger partial charge on any atom is 0.251 e. The molecule has 2 aromatic heterocycles. The average Bonchev–Trinajstić information content (AvgIpc) is 2.25. The predicted octanol–water partition coefficient (Wildman–Crippen LogP) is 0.789. The van der Waals surface area contributed by atoms with Gasteiger partial charge in [0.1, 0.15) is 5.82 Å². The number of aryl methyl sites for hydroxylation is 2. The van der Waals surface area contributed by atoms with Crippen LogP contribution >= 0.6 is 0 Å². The lowest BCUT2D eigenvalue weighted by Gasteiger charge is -2.04. The summed E-state index contributed by atoms with van der Waals surface area (Å²) < 4.78 is 0. The van der Waals surface area contributed by atoms with E-state index in [4.69, 9.17) is 0 Å². The van der Waals surface area contributed by atoms with Gasteiger partial charge in [0.25, 0.3) is 5.56 Å². The molecule has 0 atom stereocenters. The molecule has 2 heterocycles. The molecule has 6 heteroatoms. The van der Waals surface area contributed by atoms with Crippen LogP contribution in [0, 0.1) is 13.8 Å². The second-order valence-corrected chi connectivity index (χ2v) is 3.71. The molecule has 0 aliphatic carbocycles. The summed E-state index contributed by atoms with van der Waals surface area (Å²) in [6.07, 6.45) is 1.68. The third kappa shape index (κ3) is 3.10. The van der Waals surface area contributed by atoms with Gasteiger partial charge >= 0.3 is 0 Å². The SMILES string of the molecule is Cc1ccnc(NCc2nc(C)cc(=O)[nH]2)n1. The molecule has 0 saturated carbocycles. The van der Waals surface area contributed by atoms with Gasteiger partial charge in [-0.1, -0.05) is 0 Å². The van der Waals surface area contributed by atoms with Gasteiger partial charge in [-0.25, -0.2) is 15.0 Å². The number of hydrogen-bond acceptors (Lipinski definition) is 5. The van der Waals surface area contributed by atoms with E-state index < -0.39 is 0 Å². The first-order valence-electron chi connectivity index (χ1n) is 5.24. The van der Waals surface area contributed by atoms with E-state index >= 15 is 0 Å². The molecule has 2 rings (SSSR count). The van der Waals surface area contributed by atoms with Crippen LogP contribution in [0.2, 0.25) is 0 Å². The minimum Gasteiger partial charge on any atom is -0.347 e. The monoisotopic (exact) mass is 231 g/mol. The molecule has 88 valence electrons. The van der Waals surface area contributed by atoms with Gasteiger partial charge < -0.3 is 10.3 Å². The van der Waals surface area contributed by atoms with Crippen LogP contribution in [0.15, 0.2) is 23.1 Å². The molecule has 0 unspecified atom stereocenters. The third-order valence-corrected chi connectivity index (χ3v) is 2.13. The zero-order valence-electron chi connectivity index (χ0n) is 9.69. The van der Waals surface area contributed by atoms with Crippen molar-refractivity contribution < 1.29 is 0 Å². The van der Waals surface area contributed by atoms with Crippen molar-refractivity contribution in [1.29, 1.82) is 0 Å². The molecular weight excluding hydrogens is 218 g/mol. The molecule has 0 amide bonds. The van der Waals surface area contributed by atoms with E-state index in [2.05, 4.69) is 25.3 Å². The lowest BCUT2D eigenvalue weighted by molar-refractivity contribution is 0.891. The Labute approximate surface area is 98.2 Å². The summed E-state index contributed by atoms with van der Waals surface area (Å²) in [5.74, 6) is 1.09. The van der Waals surface area contributed by atoms with Gasteiger partial charge in [-0.3, -0.25) is 4.79 Å². The van der Waals surface area contributed by atoms with Crippen LogP contribution in [-0.2, 0) is 6.54 Å². The number of aromatic amines is 1. The summed E-state index contributed by atoms with van der Waals surface area (Å²) in [6.45, 7) is 4.06. The molecule has 0 spiro atoms. The number of anilines is 1. The van der Waals surface area contributed by atoms with Gasteiger partial charge in [0.05, 0.1) is 6.54 Å². The standard InChI is InChI=1S/C11H13N5O/c1-7-3-4-12-11(15-7)13-6-9-14-8(2)5-10(17)16-9/h3-5H,6H2,1-2H3,(H,12,13,15)(H,14,16,17). The van der Waals surface area contributed by atoms with Crippen molar-refractivity contribution in [1.82, 2.24) is 19.9 Å². The second-order valence-electron chi connectivity index (χ2n) is 3.71. The predicted molar refractivity (Wildman–Crippen MR) is 63.7 cm³/mol. The van der Waals surface area contributed by atoms with Crippen molar-refractivity contribution in [2.75, 3.05) is 5.32 Å². The van der Waals surface area contributed by atoms with Crippen molar-refractivity contribution in [3.05, 3.63) is 45.9 Å². The molecule has 0 aliphatic rings. The van der Waals surface area contributed by atoms with Crippen LogP contribution in [0.4, 0.5) is 5.95 Å². The van der Waals surface area contributed by atoms with Crippen molar-refractivity contribution in [2.45, 2.75) is 20.4 Å². The molecule has 0 saturated heterocycles. The second kappa shape index (κ2) is 4.73. The summed E-state index contributed by atoms with van der Waals surface area (Å²) in [7, 11) is 0. The lowest BCUT2D eigenvalue weighted by Crippen LogP contribution is -2.15. The fraction of sp³-hybridized carbons (Fsp3) is 0.273. The van der Waals surface area contributed by atoms with Crippen molar-refractivity contribution in [3.63, 3.8) is 0 Å². The van der Waals surface area contributed by atoms with Crippen LogP contribution in [0.3, 0.4) is 0 Å². The Morgan fingerprint density at radius 2 is 2.12 bits per heavy atom. The van der Waals surface area contributed by atoms with E-state index in [1.165, 1.54) is 6.07 Å². The van der Waals surface area contributed by atoms with E-state index in [-0.39, 0.29) is 5.56 Å². The zero-order chi connectivity index (χ0) is 12.3. The molecule has 2 aromatic rings. The van der Waals surface area contributed by atoms with Crippen LogP contribution in [-0.4, -0.2) is 19.9 Å². The minimum absolute atomic E-state index is 0.153. The van der Waals surface area contributed by atoms with Gasteiger partial charge in [-0.15, -0.1) is 0 Å². The third-order valence-electron chi connectivity index (χ3n) is 2.13.